The van der Waals surface area contributed by atoms with E-state index in [9.17, 15) is 9.59 Å². The Hall–Kier alpha value is -1.26. The Balaban J connectivity index is 1.55. The highest BCUT2D eigenvalue weighted by Crippen LogP contribution is 2.47. The van der Waals surface area contributed by atoms with Crippen molar-refractivity contribution in [1.82, 2.24) is 15.5 Å². The van der Waals surface area contributed by atoms with E-state index in [1.807, 2.05) is 25.7 Å². The molecule has 5 nitrogen and oxygen atoms in total. The third kappa shape index (κ3) is 3.55. The van der Waals surface area contributed by atoms with Gasteiger partial charge >= 0.3 is 6.03 Å². The van der Waals surface area contributed by atoms with Crippen LogP contribution in [0.2, 0.25) is 0 Å². The summed E-state index contributed by atoms with van der Waals surface area (Å²) in [6.45, 7) is 6.77. The van der Waals surface area contributed by atoms with Gasteiger partial charge in [0.25, 0.3) is 0 Å². The number of carbonyl (C=O) groups excluding carboxylic acids is 2. The minimum Gasteiger partial charge on any atom is -0.350 e. The van der Waals surface area contributed by atoms with Crippen LogP contribution in [0.3, 0.4) is 0 Å². The molecule has 124 valence electrons. The van der Waals surface area contributed by atoms with Gasteiger partial charge in [-0.3, -0.25) is 4.79 Å². The summed E-state index contributed by atoms with van der Waals surface area (Å²) in [5.74, 6) is 2.20. The van der Waals surface area contributed by atoms with Crippen molar-refractivity contribution in [3.05, 3.63) is 0 Å². The van der Waals surface area contributed by atoms with Crippen molar-refractivity contribution in [2.24, 2.45) is 17.8 Å². The van der Waals surface area contributed by atoms with Gasteiger partial charge in [0.1, 0.15) is 0 Å². The van der Waals surface area contributed by atoms with E-state index < -0.39 is 0 Å². The average Bonchev–Trinajstić information content (AvgIpc) is 2.58. The number of carbonyl (C=O) groups is 2. The predicted octanol–water partition coefficient (Wildman–Crippen LogP) is 2.12. The molecule has 2 aliphatic heterocycles. The summed E-state index contributed by atoms with van der Waals surface area (Å²) in [7, 11) is 0. The van der Waals surface area contributed by atoms with Crippen LogP contribution < -0.4 is 10.6 Å². The van der Waals surface area contributed by atoms with Crippen LogP contribution >= 0.6 is 0 Å². The molecule has 5 heteroatoms. The van der Waals surface area contributed by atoms with Gasteiger partial charge in [0.05, 0.1) is 6.54 Å². The largest absolute Gasteiger partial charge is 0.350 e. The molecule has 4 rings (SSSR count). The quantitative estimate of drug-likeness (QED) is 0.821. The number of hydrogen-bond acceptors (Lipinski definition) is 2. The SMILES string of the molecule is CC(C)(C)NC(=O)CNC(=O)N1CC2CC3CC(C2)CC1C3. The Labute approximate surface area is 133 Å². The van der Waals surface area contributed by atoms with Gasteiger partial charge in [-0.05, 0) is 70.6 Å². The van der Waals surface area contributed by atoms with Gasteiger partial charge in [-0.2, -0.15) is 0 Å². The summed E-state index contributed by atoms with van der Waals surface area (Å²) >= 11 is 0. The van der Waals surface area contributed by atoms with E-state index in [4.69, 9.17) is 0 Å². The summed E-state index contributed by atoms with van der Waals surface area (Å²) in [5, 5.41) is 5.70. The first-order chi connectivity index (χ1) is 10.3. The van der Waals surface area contributed by atoms with Gasteiger partial charge in [0.15, 0.2) is 0 Å². The van der Waals surface area contributed by atoms with E-state index in [0.717, 1.165) is 31.2 Å². The summed E-state index contributed by atoms with van der Waals surface area (Å²) in [4.78, 5) is 26.4. The number of nitrogens with zero attached hydrogens (tertiary/aromatic N) is 1. The van der Waals surface area contributed by atoms with Crippen molar-refractivity contribution in [3.63, 3.8) is 0 Å². The van der Waals surface area contributed by atoms with Crippen molar-refractivity contribution < 1.29 is 9.59 Å². The average molecular weight is 307 g/mol. The molecule has 0 spiro atoms. The lowest BCUT2D eigenvalue weighted by atomic mass is 9.68. The minimum absolute atomic E-state index is 0.0535. The third-order valence-electron chi connectivity index (χ3n) is 5.28. The molecule has 0 aromatic rings. The van der Waals surface area contributed by atoms with Crippen molar-refractivity contribution >= 4 is 11.9 Å². The lowest BCUT2D eigenvalue weighted by Crippen LogP contribution is -2.51. The standard InChI is InChI=1S/C17H29N3O2/c1-17(2,3)19-15(21)9-18-16(22)20-10-13-5-11-4-12(6-13)8-14(20)7-11/h11-14H,4-10H2,1-3H3,(H,18,22)(H,19,21). The van der Waals surface area contributed by atoms with E-state index in [0.29, 0.717) is 12.0 Å². The zero-order valence-electron chi connectivity index (χ0n) is 14.0. The van der Waals surface area contributed by atoms with Crippen molar-refractivity contribution in [3.8, 4) is 0 Å². The maximum atomic E-state index is 12.5. The Morgan fingerprint density at radius 3 is 2.18 bits per heavy atom. The zero-order valence-corrected chi connectivity index (χ0v) is 14.0. The number of amides is 3. The number of nitrogens with one attached hydrogen (secondary N) is 2. The fourth-order valence-electron chi connectivity index (χ4n) is 4.75. The lowest BCUT2D eigenvalue weighted by molar-refractivity contribution is -0.121. The van der Waals surface area contributed by atoms with E-state index in [-0.39, 0.29) is 24.0 Å². The van der Waals surface area contributed by atoms with Crippen LogP contribution in [0.5, 0.6) is 0 Å². The van der Waals surface area contributed by atoms with Gasteiger partial charge in [-0.15, -0.1) is 0 Å². The molecule has 2 saturated carbocycles. The molecule has 2 aliphatic carbocycles. The summed E-state index contributed by atoms with van der Waals surface area (Å²) < 4.78 is 0. The molecule has 4 aliphatic rings. The second-order valence-electron chi connectivity index (χ2n) is 8.54. The molecule has 2 N–H and O–H groups in total. The topological polar surface area (TPSA) is 61.4 Å². The number of rotatable bonds is 2. The van der Waals surface area contributed by atoms with Crippen molar-refractivity contribution in [1.29, 1.82) is 0 Å². The van der Waals surface area contributed by atoms with Crippen molar-refractivity contribution in [2.75, 3.05) is 13.1 Å². The number of fused-ring (bicyclic) bond motifs is 1. The lowest BCUT2D eigenvalue weighted by Gasteiger charge is -2.38. The molecule has 4 fully saturated rings. The first kappa shape index (κ1) is 15.6. The fraction of sp³-hybridized carbons (Fsp3) is 0.882. The molecule has 0 radical (unpaired) electrons. The Bertz CT molecular complexity index is 443. The molecule has 3 amide bonds. The zero-order chi connectivity index (χ0) is 15.9. The smallest absolute Gasteiger partial charge is 0.318 e. The first-order valence-corrected chi connectivity index (χ1v) is 8.65. The van der Waals surface area contributed by atoms with Crippen LogP contribution in [0.1, 0.15) is 52.9 Å². The van der Waals surface area contributed by atoms with Gasteiger partial charge in [0.2, 0.25) is 5.91 Å². The third-order valence-corrected chi connectivity index (χ3v) is 5.28. The highest BCUT2D eigenvalue weighted by Gasteiger charge is 2.44. The van der Waals surface area contributed by atoms with Crippen LogP contribution in [0.15, 0.2) is 0 Å². The Morgan fingerprint density at radius 2 is 1.59 bits per heavy atom. The second-order valence-corrected chi connectivity index (χ2v) is 8.54. The van der Waals surface area contributed by atoms with E-state index in [1.165, 1.54) is 19.3 Å². The maximum Gasteiger partial charge on any atom is 0.318 e. The molecular weight excluding hydrogens is 278 g/mol. The first-order valence-electron chi connectivity index (χ1n) is 8.65. The molecule has 2 heterocycles. The Kier molecular flexibility index (Phi) is 4.08. The number of hydrogen-bond donors (Lipinski definition) is 2. The van der Waals surface area contributed by atoms with Crippen molar-refractivity contribution in [2.45, 2.75) is 64.5 Å². The van der Waals surface area contributed by atoms with E-state index in [1.54, 1.807) is 0 Å². The molecule has 22 heavy (non-hydrogen) atoms. The molecule has 0 aromatic heterocycles. The monoisotopic (exact) mass is 307 g/mol. The van der Waals surface area contributed by atoms with Gasteiger partial charge in [0, 0.05) is 18.1 Å². The highest BCUT2D eigenvalue weighted by molar-refractivity contribution is 5.84. The molecule has 4 bridgehead atoms. The fourth-order valence-corrected chi connectivity index (χ4v) is 4.75. The van der Waals surface area contributed by atoms with E-state index >= 15 is 0 Å². The van der Waals surface area contributed by atoms with Crippen LogP contribution in [0, 0.1) is 17.8 Å². The molecule has 2 saturated heterocycles. The minimum atomic E-state index is -0.262. The summed E-state index contributed by atoms with van der Waals surface area (Å²) in [5.41, 5.74) is -0.262. The van der Waals surface area contributed by atoms with Gasteiger partial charge < -0.3 is 15.5 Å². The second kappa shape index (κ2) is 5.74. The van der Waals surface area contributed by atoms with Crippen LogP contribution in [-0.4, -0.2) is 41.5 Å². The van der Waals surface area contributed by atoms with Gasteiger partial charge in [-0.25, -0.2) is 4.79 Å². The van der Waals surface area contributed by atoms with E-state index in [2.05, 4.69) is 10.6 Å². The maximum absolute atomic E-state index is 12.5. The predicted molar refractivity (Wildman–Crippen MR) is 85.3 cm³/mol. The van der Waals surface area contributed by atoms with Crippen LogP contribution in [0.4, 0.5) is 4.79 Å². The normalized spacial score (nSPS) is 33.5. The summed E-state index contributed by atoms with van der Waals surface area (Å²) in [6, 6.07) is 0.337. The summed E-state index contributed by atoms with van der Waals surface area (Å²) in [6.07, 6.45) is 6.28. The Morgan fingerprint density at radius 1 is 1.00 bits per heavy atom. The molecule has 2 unspecified atom stereocenters. The molecule has 0 aromatic carbocycles. The van der Waals surface area contributed by atoms with Gasteiger partial charge in [-0.1, -0.05) is 0 Å². The molecular formula is C17H29N3O2. The van der Waals surface area contributed by atoms with Crippen LogP contribution in [0.25, 0.3) is 0 Å². The number of urea groups is 1. The highest BCUT2D eigenvalue weighted by atomic mass is 16.2. The molecule has 2 atom stereocenters. The van der Waals surface area contributed by atoms with Crippen LogP contribution in [-0.2, 0) is 4.79 Å².